The third-order valence-electron chi connectivity index (χ3n) is 5.98. The maximum absolute atomic E-state index is 13.7. The summed E-state index contributed by atoms with van der Waals surface area (Å²) in [5.41, 5.74) is 3.28. The SMILES string of the molecule is O=C(Nc1ccc(Br)cc1)[C@H]1Cc2ccccc2CN1C(=O)c1cccc(Oc2ccccc2)c1. The van der Waals surface area contributed by atoms with E-state index in [1.165, 1.54) is 0 Å². The van der Waals surface area contributed by atoms with Crippen LogP contribution < -0.4 is 10.1 Å². The summed E-state index contributed by atoms with van der Waals surface area (Å²) in [6.45, 7) is 0.358. The molecule has 0 saturated heterocycles. The van der Waals surface area contributed by atoms with E-state index in [2.05, 4.69) is 21.2 Å². The number of nitrogens with one attached hydrogen (secondary N) is 1. The van der Waals surface area contributed by atoms with Gasteiger partial charge in [-0.15, -0.1) is 0 Å². The van der Waals surface area contributed by atoms with Crippen molar-refractivity contribution in [3.63, 3.8) is 0 Å². The Bertz CT molecular complexity index is 1360. The third-order valence-corrected chi connectivity index (χ3v) is 6.51. The molecule has 4 aromatic carbocycles. The molecule has 1 heterocycles. The molecule has 0 bridgehead atoms. The van der Waals surface area contributed by atoms with Gasteiger partial charge in [-0.2, -0.15) is 0 Å². The summed E-state index contributed by atoms with van der Waals surface area (Å²) in [4.78, 5) is 28.7. The maximum Gasteiger partial charge on any atom is 0.254 e. The van der Waals surface area contributed by atoms with Crippen molar-refractivity contribution < 1.29 is 14.3 Å². The Balaban J connectivity index is 1.42. The Morgan fingerprint density at radius 3 is 2.26 bits per heavy atom. The molecule has 2 amide bonds. The van der Waals surface area contributed by atoms with Crippen LogP contribution in [0.15, 0.2) is 108 Å². The summed E-state index contributed by atoms with van der Waals surface area (Å²) < 4.78 is 6.85. The predicted molar refractivity (Wildman–Crippen MR) is 140 cm³/mol. The molecule has 1 N–H and O–H groups in total. The van der Waals surface area contributed by atoms with Gasteiger partial charge < -0.3 is 15.0 Å². The van der Waals surface area contributed by atoms with Gasteiger partial charge in [0.05, 0.1) is 0 Å². The molecule has 4 aromatic rings. The maximum atomic E-state index is 13.7. The van der Waals surface area contributed by atoms with Gasteiger partial charge in [-0.25, -0.2) is 0 Å². The molecule has 1 aliphatic rings. The van der Waals surface area contributed by atoms with E-state index in [1.54, 1.807) is 23.1 Å². The lowest BCUT2D eigenvalue weighted by Crippen LogP contribution is -2.50. The minimum absolute atomic E-state index is 0.214. The topological polar surface area (TPSA) is 58.6 Å². The van der Waals surface area contributed by atoms with Gasteiger partial charge in [-0.05, 0) is 65.7 Å². The van der Waals surface area contributed by atoms with E-state index in [1.807, 2.05) is 84.9 Å². The van der Waals surface area contributed by atoms with Crippen molar-refractivity contribution in [2.75, 3.05) is 5.32 Å². The Hall–Kier alpha value is -3.90. The van der Waals surface area contributed by atoms with Crippen molar-refractivity contribution in [1.29, 1.82) is 0 Å². The summed E-state index contributed by atoms with van der Waals surface area (Å²) in [6.07, 6.45) is 0.449. The largest absolute Gasteiger partial charge is 0.457 e. The van der Waals surface area contributed by atoms with E-state index >= 15 is 0 Å². The fraction of sp³-hybridized carbons (Fsp3) is 0.103. The minimum Gasteiger partial charge on any atom is -0.457 e. The van der Waals surface area contributed by atoms with Gasteiger partial charge in [-0.1, -0.05) is 64.5 Å². The summed E-state index contributed by atoms with van der Waals surface area (Å²) >= 11 is 3.41. The van der Waals surface area contributed by atoms with Crippen LogP contribution in [0.1, 0.15) is 21.5 Å². The first-order chi connectivity index (χ1) is 17.1. The van der Waals surface area contributed by atoms with Crippen molar-refractivity contribution in [2.24, 2.45) is 0 Å². The van der Waals surface area contributed by atoms with Crippen LogP contribution in [0.5, 0.6) is 11.5 Å². The van der Waals surface area contributed by atoms with Gasteiger partial charge in [0.1, 0.15) is 17.5 Å². The predicted octanol–water partition coefficient (Wildman–Crippen LogP) is 6.45. The van der Waals surface area contributed by atoms with Crippen molar-refractivity contribution >= 4 is 33.4 Å². The molecule has 5 nitrogen and oxygen atoms in total. The first kappa shape index (κ1) is 22.9. The fourth-order valence-corrected chi connectivity index (χ4v) is 4.48. The minimum atomic E-state index is -0.639. The molecule has 174 valence electrons. The van der Waals surface area contributed by atoms with Crippen LogP contribution in [0.25, 0.3) is 0 Å². The number of para-hydroxylation sites is 1. The summed E-state index contributed by atoms with van der Waals surface area (Å²) in [5, 5.41) is 2.97. The van der Waals surface area contributed by atoms with Gasteiger partial charge in [0.25, 0.3) is 5.91 Å². The number of hydrogen-bond donors (Lipinski definition) is 1. The number of rotatable bonds is 5. The average Bonchev–Trinajstić information content (AvgIpc) is 2.89. The van der Waals surface area contributed by atoms with Gasteiger partial charge in [-0.3, -0.25) is 9.59 Å². The zero-order chi connectivity index (χ0) is 24.2. The molecule has 1 atom stereocenters. The van der Waals surface area contributed by atoms with Gasteiger partial charge in [0.15, 0.2) is 0 Å². The van der Waals surface area contributed by atoms with Crippen LogP contribution in [-0.4, -0.2) is 22.8 Å². The zero-order valence-electron chi connectivity index (χ0n) is 18.9. The highest BCUT2D eigenvalue weighted by Gasteiger charge is 2.35. The van der Waals surface area contributed by atoms with E-state index in [0.717, 1.165) is 15.6 Å². The molecular weight excluding hydrogens is 504 g/mol. The van der Waals surface area contributed by atoms with E-state index in [0.29, 0.717) is 35.7 Å². The number of halogens is 1. The summed E-state index contributed by atoms with van der Waals surface area (Å²) in [7, 11) is 0. The van der Waals surface area contributed by atoms with Crippen molar-refractivity contribution in [1.82, 2.24) is 4.90 Å². The number of fused-ring (bicyclic) bond motifs is 1. The second kappa shape index (κ2) is 10.2. The molecule has 6 heteroatoms. The van der Waals surface area contributed by atoms with Crippen LogP contribution >= 0.6 is 15.9 Å². The molecule has 0 fully saturated rings. The number of ether oxygens (including phenoxy) is 1. The van der Waals surface area contributed by atoms with E-state index in [4.69, 9.17) is 4.74 Å². The first-order valence-corrected chi connectivity index (χ1v) is 12.1. The van der Waals surface area contributed by atoms with Crippen LogP contribution in [0.2, 0.25) is 0 Å². The van der Waals surface area contributed by atoms with Gasteiger partial charge in [0, 0.05) is 28.7 Å². The van der Waals surface area contributed by atoms with E-state index < -0.39 is 6.04 Å². The number of anilines is 1. The molecule has 0 aromatic heterocycles. The number of carbonyl (C=O) groups is 2. The van der Waals surface area contributed by atoms with Crippen LogP contribution in [0.4, 0.5) is 5.69 Å². The number of carbonyl (C=O) groups excluding carboxylic acids is 2. The van der Waals surface area contributed by atoms with E-state index in [-0.39, 0.29) is 11.8 Å². The number of hydrogen-bond acceptors (Lipinski definition) is 3. The molecule has 0 saturated carbocycles. The molecule has 0 unspecified atom stereocenters. The summed E-state index contributed by atoms with van der Waals surface area (Å²) in [5.74, 6) is 0.826. The van der Waals surface area contributed by atoms with Crippen molar-refractivity contribution in [3.05, 3.63) is 124 Å². The molecule has 0 radical (unpaired) electrons. The highest BCUT2D eigenvalue weighted by molar-refractivity contribution is 9.10. The normalized spacial score (nSPS) is 14.7. The first-order valence-electron chi connectivity index (χ1n) is 11.3. The molecule has 1 aliphatic heterocycles. The molecule has 5 rings (SSSR count). The second-order valence-electron chi connectivity index (χ2n) is 8.36. The van der Waals surface area contributed by atoms with Gasteiger partial charge in [0.2, 0.25) is 5.91 Å². The number of nitrogens with zero attached hydrogens (tertiary/aromatic N) is 1. The smallest absolute Gasteiger partial charge is 0.254 e. The third kappa shape index (κ3) is 5.28. The van der Waals surface area contributed by atoms with Crippen LogP contribution in [-0.2, 0) is 17.8 Å². The second-order valence-corrected chi connectivity index (χ2v) is 9.28. The molecule has 0 aliphatic carbocycles. The van der Waals surface area contributed by atoms with Crippen LogP contribution in [0.3, 0.4) is 0 Å². The Labute approximate surface area is 212 Å². The van der Waals surface area contributed by atoms with E-state index in [9.17, 15) is 9.59 Å². The van der Waals surface area contributed by atoms with Gasteiger partial charge >= 0.3 is 0 Å². The molecule has 35 heavy (non-hydrogen) atoms. The van der Waals surface area contributed by atoms with Crippen LogP contribution in [0, 0.1) is 0 Å². The lowest BCUT2D eigenvalue weighted by molar-refractivity contribution is -0.121. The Morgan fingerprint density at radius 1 is 0.800 bits per heavy atom. The highest BCUT2D eigenvalue weighted by Crippen LogP contribution is 2.28. The molecule has 0 spiro atoms. The lowest BCUT2D eigenvalue weighted by Gasteiger charge is -2.36. The average molecular weight is 527 g/mol. The Kier molecular flexibility index (Phi) is 6.64. The highest BCUT2D eigenvalue weighted by atomic mass is 79.9. The Morgan fingerprint density at radius 2 is 1.49 bits per heavy atom. The fourth-order valence-electron chi connectivity index (χ4n) is 4.21. The number of amides is 2. The lowest BCUT2D eigenvalue weighted by atomic mass is 9.92. The van der Waals surface area contributed by atoms with Crippen molar-refractivity contribution in [2.45, 2.75) is 19.0 Å². The monoisotopic (exact) mass is 526 g/mol. The summed E-state index contributed by atoms with van der Waals surface area (Å²) in [6, 6.07) is 31.2. The zero-order valence-corrected chi connectivity index (χ0v) is 20.4. The number of benzene rings is 4. The quantitative estimate of drug-likeness (QED) is 0.325. The van der Waals surface area contributed by atoms with Crippen molar-refractivity contribution in [3.8, 4) is 11.5 Å². The standard InChI is InChI=1S/C29H23BrN2O3/c30-23-13-15-24(16-14-23)31-28(33)27-18-20-7-4-5-8-22(20)19-32(27)29(34)21-9-6-12-26(17-21)35-25-10-2-1-3-11-25/h1-17,27H,18-19H2,(H,31,33)/t27-/m1/s1. The molecular formula is C29H23BrN2O3.